The van der Waals surface area contributed by atoms with Crippen molar-refractivity contribution in [3.63, 3.8) is 0 Å². The quantitative estimate of drug-likeness (QED) is 0.803. The third kappa shape index (κ3) is 2.80. The lowest BCUT2D eigenvalue weighted by atomic mass is 9.99. The second kappa shape index (κ2) is 5.98. The zero-order valence-corrected chi connectivity index (χ0v) is 13.1. The van der Waals surface area contributed by atoms with Gasteiger partial charge in [0, 0.05) is 35.8 Å². The topological polar surface area (TPSA) is 50.9 Å². The van der Waals surface area contributed by atoms with Crippen LogP contribution >= 0.6 is 11.3 Å². The number of halogens is 1. The van der Waals surface area contributed by atoms with E-state index in [1.807, 2.05) is 17.8 Å². The second-order valence-electron chi connectivity index (χ2n) is 5.15. The largest absolute Gasteiger partial charge is 0.389 e. The minimum atomic E-state index is -0.753. The molecule has 114 valence electrons. The first kappa shape index (κ1) is 14.9. The van der Waals surface area contributed by atoms with Crippen molar-refractivity contribution in [2.45, 2.75) is 19.4 Å². The van der Waals surface area contributed by atoms with Crippen LogP contribution in [0.15, 0.2) is 36.0 Å². The van der Waals surface area contributed by atoms with Gasteiger partial charge in [-0.3, -0.25) is 4.68 Å². The molecule has 0 saturated carbocycles. The second-order valence-corrected chi connectivity index (χ2v) is 6.09. The number of benzene rings is 1. The van der Waals surface area contributed by atoms with Gasteiger partial charge in [-0.1, -0.05) is 0 Å². The highest BCUT2D eigenvalue weighted by molar-refractivity contribution is 7.10. The summed E-state index contributed by atoms with van der Waals surface area (Å²) in [6, 6.07) is 6.41. The molecule has 1 N–H and O–H groups in total. The Balaban J connectivity index is 2.04. The first-order valence-electron chi connectivity index (χ1n) is 6.93. The van der Waals surface area contributed by atoms with E-state index < -0.39 is 6.10 Å². The summed E-state index contributed by atoms with van der Waals surface area (Å²) >= 11 is 1.55. The summed E-state index contributed by atoms with van der Waals surface area (Å²) in [4.78, 5) is 5.49. The molecule has 6 heteroatoms. The lowest BCUT2D eigenvalue weighted by molar-refractivity contribution is 0.199. The molecular weight excluding hydrogens is 301 g/mol. The van der Waals surface area contributed by atoms with Gasteiger partial charge in [0.2, 0.25) is 0 Å². The van der Waals surface area contributed by atoms with Gasteiger partial charge in [-0.05, 0) is 36.8 Å². The van der Waals surface area contributed by atoms with Crippen LogP contribution in [0.3, 0.4) is 0 Å². The summed E-state index contributed by atoms with van der Waals surface area (Å²) in [5.74, 6) is -0.358. The van der Waals surface area contributed by atoms with Gasteiger partial charge in [0.25, 0.3) is 0 Å². The monoisotopic (exact) mass is 317 g/mol. The van der Waals surface area contributed by atoms with E-state index in [-0.39, 0.29) is 5.82 Å². The fraction of sp³-hybridized carbons (Fsp3) is 0.250. The molecule has 4 nitrogen and oxygen atoms in total. The van der Waals surface area contributed by atoms with E-state index in [1.165, 1.54) is 12.1 Å². The van der Waals surface area contributed by atoms with Crippen LogP contribution in [-0.4, -0.2) is 19.9 Å². The highest BCUT2D eigenvalue weighted by atomic mass is 32.1. The molecule has 22 heavy (non-hydrogen) atoms. The van der Waals surface area contributed by atoms with Crippen LogP contribution in [0.1, 0.15) is 29.2 Å². The van der Waals surface area contributed by atoms with Crippen molar-refractivity contribution in [2.24, 2.45) is 7.05 Å². The minimum absolute atomic E-state index is 0.358. The molecule has 1 unspecified atom stereocenters. The fourth-order valence-corrected chi connectivity index (χ4v) is 3.24. The van der Waals surface area contributed by atoms with E-state index in [0.29, 0.717) is 12.0 Å². The number of aryl methyl sites for hydroxylation is 1. The van der Waals surface area contributed by atoms with Crippen molar-refractivity contribution in [3.8, 4) is 11.3 Å². The molecule has 0 bridgehead atoms. The van der Waals surface area contributed by atoms with Crippen LogP contribution in [0, 0.1) is 5.82 Å². The zero-order chi connectivity index (χ0) is 15.7. The number of thiazole rings is 1. The van der Waals surface area contributed by atoms with E-state index in [2.05, 4.69) is 10.1 Å². The van der Waals surface area contributed by atoms with Crippen molar-refractivity contribution in [3.05, 3.63) is 57.9 Å². The molecule has 1 aromatic carbocycles. The van der Waals surface area contributed by atoms with E-state index in [1.54, 1.807) is 36.0 Å². The SMILES string of the molecule is CC(O)c1cc(F)ccc1-c1ncsc1Cc1ccnn1C. The molecular formula is C16H16FN3OS. The third-order valence-corrected chi connectivity index (χ3v) is 4.46. The van der Waals surface area contributed by atoms with Gasteiger partial charge in [-0.25, -0.2) is 9.37 Å². The lowest BCUT2D eigenvalue weighted by Gasteiger charge is -2.12. The van der Waals surface area contributed by atoms with Crippen molar-refractivity contribution < 1.29 is 9.50 Å². The molecule has 2 aromatic heterocycles. The zero-order valence-electron chi connectivity index (χ0n) is 12.3. The first-order valence-corrected chi connectivity index (χ1v) is 7.81. The Bertz CT molecular complexity index is 794. The van der Waals surface area contributed by atoms with E-state index >= 15 is 0 Å². The van der Waals surface area contributed by atoms with Gasteiger partial charge in [-0.15, -0.1) is 11.3 Å². The average molecular weight is 317 g/mol. The summed E-state index contributed by atoms with van der Waals surface area (Å²) in [6.07, 6.45) is 1.71. The highest BCUT2D eigenvalue weighted by Crippen LogP contribution is 2.33. The van der Waals surface area contributed by atoms with E-state index in [9.17, 15) is 9.50 Å². The van der Waals surface area contributed by atoms with Gasteiger partial charge in [0.1, 0.15) is 5.82 Å². The van der Waals surface area contributed by atoms with Crippen molar-refractivity contribution in [1.29, 1.82) is 0 Å². The maximum Gasteiger partial charge on any atom is 0.123 e. The summed E-state index contributed by atoms with van der Waals surface area (Å²) in [6.45, 7) is 1.63. The standard InChI is InChI=1S/C16H16FN3OS/c1-10(21)14-7-11(17)3-4-13(14)16-15(22-9-18-16)8-12-5-6-19-20(12)2/h3-7,9-10,21H,8H2,1-2H3. The summed E-state index contributed by atoms with van der Waals surface area (Å²) in [5, 5.41) is 14.1. The van der Waals surface area contributed by atoms with Crippen molar-refractivity contribution >= 4 is 11.3 Å². The molecule has 2 heterocycles. The van der Waals surface area contributed by atoms with E-state index in [4.69, 9.17) is 0 Å². The van der Waals surface area contributed by atoms with Gasteiger partial charge >= 0.3 is 0 Å². The summed E-state index contributed by atoms with van der Waals surface area (Å²) in [7, 11) is 1.90. The fourth-order valence-electron chi connectivity index (χ4n) is 2.45. The average Bonchev–Trinajstić information content (AvgIpc) is 3.09. The predicted molar refractivity (Wildman–Crippen MR) is 84.2 cm³/mol. The highest BCUT2D eigenvalue weighted by Gasteiger charge is 2.17. The number of hydrogen-bond donors (Lipinski definition) is 1. The van der Waals surface area contributed by atoms with Gasteiger partial charge in [0.05, 0.1) is 17.3 Å². The third-order valence-electron chi connectivity index (χ3n) is 3.62. The van der Waals surface area contributed by atoms with E-state index in [0.717, 1.165) is 21.8 Å². The molecule has 0 aliphatic rings. The molecule has 1 atom stereocenters. The molecule has 0 aliphatic carbocycles. The van der Waals surface area contributed by atoms with Crippen LogP contribution in [-0.2, 0) is 13.5 Å². The molecule has 0 aliphatic heterocycles. The van der Waals surface area contributed by atoms with Crippen molar-refractivity contribution in [2.75, 3.05) is 0 Å². The Hall–Kier alpha value is -2.05. The molecule has 0 fully saturated rings. The van der Waals surface area contributed by atoms with Crippen LogP contribution in [0.5, 0.6) is 0 Å². The number of aromatic nitrogens is 3. The Morgan fingerprint density at radius 1 is 1.36 bits per heavy atom. The number of hydrogen-bond acceptors (Lipinski definition) is 4. The Labute approximate surface area is 131 Å². The van der Waals surface area contributed by atoms with Crippen LogP contribution in [0.2, 0.25) is 0 Å². The number of rotatable bonds is 4. The Kier molecular flexibility index (Phi) is 4.04. The lowest BCUT2D eigenvalue weighted by Crippen LogP contribution is -2.01. The number of aliphatic hydroxyl groups is 1. The van der Waals surface area contributed by atoms with Crippen LogP contribution in [0.4, 0.5) is 4.39 Å². The molecule has 3 aromatic rings. The van der Waals surface area contributed by atoms with Crippen LogP contribution in [0.25, 0.3) is 11.3 Å². The maximum absolute atomic E-state index is 13.5. The molecule has 0 radical (unpaired) electrons. The molecule has 0 amide bonds. The maximum atomic E-state index is 13.5. The Morgan fingerprint density at radius 3 is 2.86 bits per heavy atom. The summed E-state index contributed by atoms with van der Waals surface area (Å²) < 4.78 is 15.3. The first-order chi connectivity index (χ1) is 10.6. The molecule has 0 saturated heterocycles. The Morgan fingerprint density at radius 2 is 2.18 bits per heavy atom. The van der Waals surface area contributed by atoms with Crippen LogP contribution < -0.4 is 0 Å². The predicted octanol–water partition coefficient (Wildman–Crippen LogP) is 3.33. The molecule has 3 rings (SSSR count). The summed E-state index contributed by atoms with van der Waals surface area (Å²) in [5.41, 5.74) is 4.97. The molecule has 0 spiro atoms. The smallest absolute Gasteiger partial charge is 0.123 e. The number of aliphatic hydroxyl groups excluding tert-OH is 1. The van der Waals surface area contributed by atoms with Crippen molar-refractivity contribution in [1.82, 2.24) is 14.8 Å². The minimum Gasteiger partial charge on any atom is -0.389 e. The van der Waals surface area contributed by atoms with Gasteiger partial charge in [-0.2, -0.15) is 5.10 Å². The van der Waals surface area contributed by atoms with Gasteiger partial charge < -0.3 is 5.11 Å². The number of nitrogens with zero attached hydrogens (tertiary/aromatic N) is 3. The normalized spacial score (nSPS) is 12.5. The van der Waals surface area contributed by atoms with Gasteiger partial charge in [0.15, 0.2) is 0 Å².